The molecule has 8 heteroatoms. The Labute approximate surface area is 143 Å². The highest BCUT2D eigenvalue weighted by molar-refractivity contribution is 5.28. The van der Waals surface area contributed by atoms with Crippen LogP contribution in [0.1, 0.15) is 29.4 Å². The second kappa shape index (κ2) is 7.43. The van der Waals surface area contributed by atoms with Gasteiger partial charge in [0.2, 0.25) is 0 Å². The molecule has 0 aliphatic carbocycles. The lowest BCUT2D eigenvalue weighted by molar-refractivity contribution is 0.526. The van der Waals surface area contributed by atoms with Crippen LogP contribution in [0.3, 0.4) is 0 Å². The average Bonchev–Trinajstić information content (AvgIpc) is 3.10. The maximum atomic E-state index is 14.0. The minimum Gasteiger partial charge on any atom is -0.305 e. The van der Waals surface area contributed by atoms with Gasteiger partial charge < -0.3 is 5.32 Å². The van der Waals surface area contributed by atoms with Crippen LogP contribution in [0.4, 0.5) is 8.78 Å². The van der Waals surface area contributed by atoms with Crippen molar-refractivity contribution in [3.05, 3.63) is 64.6 Å². The molecule has 1 aromatic carbocycles. The second-order valence-electron chi connectivity index (χ2n) is 5.64. The summed E-state index contributed by atoms with van der Waals surface area (Å²) in [6.07, 6.45) is 2.57. The van der Waals surface area contributed by atoms with Crippen LogP contribution >= 0.6 is 0 Å². The first-order valence-corrected chi connectivity index (χ1v) is 7.97. The van der Waals surface area contributed by atoms with E-state index in [4.69, 9.17) is 0 Å². The van der Waals surface area contributed by atoms with Crippen LogP contribution < -0.4 is 5.32 Å². The number of rotatable bonds is 6. The van der Waals surface area contributed by atoms with Gasteiger partial charge >= 0.3 is 0 Å². The Morgan fingerprint density at radius 3 is 2.80 bits per heavy atom. The number of benzene rings is 1. The number of aromatic nitrogens is 5. The van der Waals surface area contributed by atoms with Crippen LogP contribution in [-0.4, -0.2) is 25.2 Å². The van der Waals surface area contributed by atoms with Gasteiger partial charge in [0.15, 0.2) is 11.6 Å². The van der Waals surface area contributed by atoms with E-state index < -0.39 is 11.6 Å². The van der Waals surface area contributed by atoms with Gasteiger partial charge in [0.25, 0.3) is 0 Å². The van der Waals surface area contributed by atoms with Crippen LogP contribution in [0.15, 0.2) is 30.5 Å². The van der Waals surface area contributed by atoms with Crippen molar-refractivity contribution >= 4 is 0 Å². The van der Waals surface area contributed by atoms with Gasteiger partial charge in [0, 0.05) is 18.3 Å². The van der Waals surface area contributed by atoms with Crippen molar-refractivity contribution in [2.24, 2.45) is 0 Å². The SMILES string of the molecule is CCc1ccnc(-n2nnnc2CNCc2c(F)ccc(C)c2F)c1. The Morgan fingerprint density at radius 1 is 1.16 bits per heavy atom. The van der Waals surface area contributed by atoms with Crippen molar-refractivity contribution in [2.45, 2.75) is 33.4 Å². The van der Waals surface area contributed by atoms with Crippen LogP contribution in [-0.2, 0) is 19.5 Å². The Kier molecular flexibility index (Phi) is 5.08. The van der Waals surface area contributed by atoms with E-state index in [1.165, 1.54) is 16.8 Å². The normalized spacial score (nSPS) is 11.0. The Bertz CT molecular complexity index is 877. The van der Waals surface area contributed by atoms with Gasteiger partial charge in [-0.15, -0.1) is 5.10 Å². The summed E-state index contributed by atoms with van der Waals surface area (Å²) < 4.78 is 29.3. The molecule has 0 aliphatic rings. The third-order valence-electron chi connectivity index (χ3n) is 3.93. The standard InChI is InChI=1S/C17H18F2N6/c1-3-12-6-7-21-15(8-12)25-16(22-23-24-25)10-20-9-13-14(18)5-4-11(2)17(13)19/h4-8,20H,3,9-10H2,1-2H3. The van der Waals surface area contributed by atoms with Gasteiger partial charge in [-0.25, -0.2) is 13.8 Å². The van der Waals surface area contributed by atoms with Gasteiger partial charge in [-0.3, -0.25) is 0 Å². The molecule has 25 heavy (non-hydrogen) atoms. The van der Waals surface area contributed by atoms with Gasteiger partial charge in [0.1, 0.15) is 11.6 Å². The molecule has 0 unspecified atom stereocenters. The highest BCUT2D eigenvalue weighted by Crippen LogP contribution is 2.16. The van der Waals surface area contributed by atoms with E-state index in [9.17, 15) is 8.78 Å². The quantitative estimate of drug-likeness (QED) is 0.744. The second-order valence-corrected chi connectivity index (χ2v) is 5.64. The molecule has 2 aromatic heterocycles. The van der Waals surface area contributed by atoms with Gasteiger partial charge in [0.05, 0.1) is 6.54 Å². The van der Waals surface area contributed by atoms with E-state index in [0.717, 1.165) is 12.0 Å². The molecular formula is C17H18F2N6. The summed E-state index contributed by atoms with van der Waals surface area (Å²) in [5.41, 5.74) is 1.53. The molecule has 6 nitrogen and oxygen atoms in total. The van der Waals surface area contributed by atoms with Crippen molar-refractivity contribution in [1.82, 2.24) is 30.5 Å². The lowest BCUT2D eigenvalue weighted by Gasteiger charge is -2.09. The molecule has 0 spiro atoms. The lowest BCUT2D eigenvalue weighted by Crippen LogP contribution is -2.19. The van der Waals surface area contributed by atoms with Crippen molar-refractivity contribution in [3.8, 4) is 5.82 Å². The highest BCUT2D eigenvalue weighted by atomic mass is 19.1. The van der Waals surface area contributed by atoms with Crippen molar-refractivity contribution < 1.29 is 8.78 Å². The maximum absolute atomic E-state index is 14.0. The van der Waals surface area contributed by atoms with E-state index >= 15 is 0 Å². The smallest absolute Gasteiger partial charge is 0.172 e. The Balaban J connectivity index is 1.73. The molecule has 0 aliphatic heterocycles. The molecule has 0 radical (unpaired) electrons. The number of aryl methyl sites for hydroxylation is 2. The topological polar surface area (TPSA) is 68.5 Å². The first kappa shape index (κ1) is 17.1. The minimum atomic E-state index is -0.576. The van der Waals surface area contributed by atoms with Crippen LogP contribution in [0.5, 0.6) is 0 Å². The summed E-state index contributed by atoms with van der Waals surface area (Å²) >= 11 is 0. The zero-order valence-electron chi connectivity index (χ0n) is 14.0. The van der Waals surface area contributed by atoms with Gasteiger partial charge in [-0.2, -0.15) is 4.68 Å². The van der Waals surface area contributed by atoms with E-state index in [1.54, 1.807) is 13.1 Å². The molecule has 0 saturated carbocycles. The molecule has 1 N–H and O–H groups in total. The summed E-state index contributed by atoms with van der Waals surface area (Å²) in [7, 11) is 0. The summed E-state index contributed by atoms with van der Waals surface area (Å²) in [6.45, 7) is 3.93. The number of nitrogens with zero attached hydrogens (tertiary/aromatic N) is 5. The van der Waals surface area contributed by atoms with E-state index in [2.05, 4.69) is 25.8 Å². The zero-order chi connectivity index (χ0) is 17.8. The van der Waals surface area contributed by atoms with E-state index in [0.29, 0.717) is 17.2 Å². The predicted molar refractivity (Wildman–Crippen MR) is 88.0 cm³/mol. The summed E-state index contributed by atoms with van der Waals surface area (Å²) in [6, 6.07) is 6.51. The highest BCUT2D eigenvalue weighted by Gasteiger charge is 2.13. The fourth-order valence-corrected chi connectivity index (χ4v) is 2.47. The lowest BCUT2D eigenvalue weighted by atomic mass is 10.1. The first-order valence-electron chi connectivity index (χ1n) is 7.97. The fraction of sp³-hybridized carbons (Fsp3) is 0.294. The molecule has 0 amide bonds. The minimum absolute atomic E-state index is 0.00475. The number of nitrogens with one attached hydrogen (secondary N) is 1. The van der Waals surface area contributed by atoms with Crippen molar-refractivity contribution in [1.29, 1.82) is 0 Å². The number of tetrazole rings is 1. The third-order valence-corrected chi connectivity index (χ3v) is 3.93. The third kappa shape index (κ3) is 3.69. The Morgan fingerprint density at radius 2 is 2.00 bits per heavy atom. The average molecular weight is 344 g/mol. The molecule has 0 saturated heterocycles. The molecule has 3 aromatic rings. The number of hydrogen-bond donors (Lipinski definition) is 1. The molecule has 3 rings (SSSR count). The molecule has 0 fully saturated rings. The van der Waals surface area contributed by atoms with Gasteiger partial charge in [-0.05, 0) is 53.1 Å². The fourth-order valence-electron chi connectivity index (χ4n) is 2.47. The molecule has 130 valence electrons. The van der Waals surface area contributed by atoms with Crippen LogP contribution in [0.25, 0.3) is 5.82 Å². The molecule has 0 bridgehead atoms. The largest absolute Gasteiger partial charge is 0.305 e. The Hall–Kier alpha value is -2.74. The predicted octanol–water partition coefficient (Wildman–Crippen LogP) is 2.50. The number of halogens is 2. The van der Waals surface area contributed by atoms with E-state index in [-0.39, 0.29) is 18.7 Å². The zero-order valence-corrected chi connectivity index (χ0v) is 14.0. The monoisotopic (exact) mass is 344 g/mol. The van der Waals surface area contributed by atoms with Crippen molar-refractivity contribution in [2.75, 3.05) is 0 Å². The molecule has 2 heterocycles. The summed E-state index contributed by atoms with van der Waals surface area (Å²) in [5.74, 6) is 0.000185. The maximum Gasteiger partial charge on any atom is 0.172 e. The number of pyridine rings is 1. The summed E-state index contributed by atoms with van der Waals surface area (Å²) in [5, 5.41) is 14.5. The first-order chi connectivity index (χ1) is 12.1. The molecular weight excluding hydrogens is 326 g/mol. The van der Waals surface area contributed by atoms with Crippen LogP contribution in [0.2, 0.25) is 0 Å². The van der Waals surface area contributed by atoms with Gasteiger partial charge in [-0.1, -0.05) is 13.0 Å². The number of hydrogen-bond acceptors (Lipinski definition) is 5. The van der Waals surface area contributed by atoms with Crippen molar-refractivity contribution in [3.63, 3.8) is 0 Å². The van der Waals surface area contributed by atoms with Crippen LogP contribution in [0, 0.1) is 18.6 Å². The van der Waals surface area contributed by atoms with E-state index in [1.807, 2.05) is 19.1 Å². The molecule has 0 atom stereocenters. The summed E-state index contributed by atoms with van der Waals surface area (Å²) in [4.78, 5) is 4.27.